The number of carbonyl (C=O) groups excluding carboxylic acids is 2. The normalized spacial score (nSPS) is 45.3. The first-order valence-electron chi connectivity index (χ1n) is 5.89. The summed E-state index contributed by atoms with van der Waals surface area (Å²) in [7, 11) is 0. The Kier molecular flexibility index (Phi) is 1.89. The molecule has 0 aliphatic heterocycles. The van der Waals surface area contributed by atoms with Crippen LogP contribution < -0.4 is 0 Å². The summed E-state index contributed by atoms with van der Waals surface area (Å²) < 4.78 is 0. The lowest BCUT2D eigenvalue weighted by Gasteiger charge is -2.55. The van der Waals surface area contributed by atoms with Gasteiger partial charge in [0.1, 0.15) is 10.8 Å². The number of hydrogen-bond acceptors (Lipinski definition) is 4. The van der Waals surface area contributed by atoms with Crippen molar-refractivity contribution in [2.75, 3.05) is 0 Å². The molecule has 0 aromatic rings. The van der Waals surface area contributed by atoms with Crippen molar-refractivity contribution in [3.8, 4) is 0 Å². The van der Waals surface area contributed by atoms with E-state index in [0.29, 0.717) is 6.42 Å². The van der Waals surface area contributed by atoms with Crippen LogP contribution in [-0.4, -0.2) is 33.7 Å². The van der Waals surface area contributed by atoms with E-state index in [1.54, 1.807) is 0 Å². The highest BCUT2D eigenvalue weighted by atomic mass is 16.4. The van der Waals surface area contributed by atoms with Gasteiger partial charge in [-0.1, -0.05) is 0 Å². The molecule has 0 aromatic carbocycles. The summed E-state index contributed by atoms with van der Waals surface area (Å²) in [5.74, 6) is -4.48. The third-order valence-corrected chi connectivity index (χ3v) is 4.87. The minimum absolute atomic E-state index is 0.0223. The molecule has 4 atom stereocenters. The van der Waals surface area contributed by atoms with Crippen LogP contribution in [-0.2, 0) is 19.2 Å². The first-order valence-corrected chi connectivity index (χ1v) is 5.89. The fraction of sp³-hybridized carbons (Fsp3) is 0.667. The topological polar surface area (TPSA) is 109 Å². The summed E-state index contributed by atoms with van der Waals surface area (Å²) in [4.78, 5) is 47.1. The second-order valence-corrected chi connectivity index (χ2v) is 5.72. The Balaban J connectivity index is 2.18. The number of aliphatic carboxylic acids is 2. The van der Waals surface area contributed by atoms with E-state index in [4.69, 9.17) is 0 Å². The SMILES string of the molecule is O=C(O)[C@]12C[C@@H]3C[C@H](C[C@@](C(=O)O)(C1)C3=O)C2=O. The monoisotopic (exact) mass is 252 g/mol. The van der Waals surface area contributed by atoms with Gasteiger partial charge in [-0.2, -0.15) is 0 Å². The van der Waals surface area contributed by atoms with Crippen molar-refractivity contribution in [3.63, 3.8) is 0 Å². The van der Waals surface area contributed by atoms with E-state index < -0.39 is 34.6 Å². The largest absolute Gasteiger partial charge is 0.480 e. The van der Waals surface area contributed by atoms with Crippen LogP contribution in [0.3, 0.4) is 0 Å². The number of hydrogen-bond donors (Lipinski definition) is 2. The van der Waals surface area contributed by atoms with Gasteiger partial charge in [0.2, 0.25) is 0 Å². The Hall–Kier alpha value is -1.72. The van der Waals surface area contributed by atoms with Gasteiger partial charge in [0, 0.05) is 11.8 Å². The first-order chi connectivity index (χ1) is 8.33. The predicted molar refractivity (Wildman–Crippen MR) is 55.6 cm³/mol. The molecule has 2 N–H and O–H groups in total. The third-order valence-electron chi connectivity index (χ3n) is 4.87. The van der Waals surface area contributed by atoms with Gasteiger partial charge in [0.05, 0.1) is 0 Å². The number of carboxylic acids is 2. The molecule has 0 unspecified atom stereocenters. The quantitative estimate of drug-likeness (QED) is 0.674. The number of carbonyl (C=O) groups is 4. The highest BCUT2D eigenvalue weighted by molar-refractivity contribution is 6.15. The molecule has 18 heavy (non-hydrogen) atoms. The molecule has 0 spiro atoms. The average molecular weight is 252 g/mol. The average Bonchev–Trinajstić information content (AvgIpc) is 2.27. The molecule has 0 aromatic heterocycles. The molecule has 0 heterocycles. The number of ketones is 2. The van der Waals surface area contributed by atoms with E-state index >= 15 is 0 Å². The van der Waals surface area contributed by atoms with Crippen LogP contribution in [0.2, 0.25) is 0 Å². The standard InChI is InChI=1S/C12H12O6/c13-7-5-1-6-3-12(7,10(17)18)4-11(2-5,8(6)14)9(15)16/h5-6H,1-4H2,(H,15,16)(H,17,18)/t5-,6+,11-,12-/m1/s1. The molecule has 0 saturated heterocycles. The van der Waals surface area contributed by atoms with Gasteiger partial charge in [0.25, 0.3) is 0 Å². The van der Waals surface area contributed by atoms with E-state index in [1.165, 1.54) is 0 Å². The van der Waals surface area contributed by atoms with Crippen molar-refractivity contribution >= 4 is 23.5 Å². The Morgan fingerprint density at radius 3 is 1.67 bits per heavy atom. The molecule has 6 heteroatoms. The number of carboxylic acid groups (broad SMARTS) is 2. The van der Waals surface area contributed by atoms with Gasteiger partial charge in [-0.25, -0.2) is 0 Å². The maximum absolute atomic E-state index is 12.1. The lowest BCUT2D eigenvalue weighted by atomic mass is 9.43. The number of Topliss-reactive ketones (excluding diaryl/α,β-unsaturated/α-hetero) is 2. The zero-order valence-electron chi connectivity index (χ0n) is 9.51. The maximum Gasteiger partial charge on any atom is 0.317 e. The summed E-state index contributed by atoms with van der Waals surface area (Å²) in [6.07, 6.45) is -0.0892. The van der Waals surface area contributed by atoms with Crippen molar-refractivity contribution in [3.05, 3.63) is 0 Å². The molecule has 4 bridgehead atoms. The van der Waals surface area contributed by atoms with Crippen LogP contribution in [0.4, 0.5) is 0 Å². The van der Waals surface area contributed by atoms with Gasteiger partial charge in [-0.15, -0.1) is 0 Å². The minimum Gasteiger partial charge on any atom is -0.480 e. The summed E-state index contributed by atoms with van der Waals surface area (Å²) in [6, 6.07) is 0. The van der Waals surface area contributed by atoms with Crippen LogP contribution in [0.25, 0.3) is 0 Å². The van der Waals surface area contributed by atoms with Crippen molar-refractivity contribution in [1.29, 1.82) is 0 Å². The maximum atomic E-state index is 12.1. The second-order valence-electron chi connectivity index (χ2n) is 5.72. The van der Waals surface area contributed by atoms with Gasteiger partial charge in [-0.3, -0.25) is 19.2 Å². The van der Waals surface area contributed by atoms with Crippen molar-refractivity contribution in [2.45, 2.75) is 25.7 Å². The van der Waals surface area contributed by atoms with E-state index in [0.717, 1.165) is 0 Å². The van der Waals surface area contributed by atoms with Gasteiger partial charge in [-0.05, 0) is 25.7 Å². The van der Waals surface area contributed by atoms with Gasteiger partial charge < -0.3 is 10.2 Å². The third kappa shape index (κ3) is 0.996. The van der Waals surface area contributed by atoms with Crippen LogP contribution in [0.5, 0.6) is 0 Å². The van der Waals surface area contributed by atoms with E-state index in [9.17, 15) is 29.4 Å². The summed E-state index contributed by atoms with van der Waals surface area (Å²) in [6.45, 7) is 0. The Morgan fingerprint density at radius 1 is 0.944 bits per heavy atom. The smallest absolute Gasteiger partial charge is 0.317 e. The molecular formula is C12H12O6. The van der Waals surface area contributed by atoms with Crippen LogP contribution >= 0.6 is 0 Å². The van der Waals surface area contributed by atoms with Crippen molar-refractivity contribution in [1.82, 2.24) is 0 Å². The fourth-order valence-corrected chi connectivity index (χ4v) is 4.10. The van der Waals surface area contributed by atoms with E-state index in [2.05, 4.69) is 0 Å². The van der Waals surface area contributed by atoms with Crippen LogP contribution in [0.1, 0.15) is 25.7 Å². The van der Waals surface area contributed by atoms with Crippen LogP contribution in [0, 0.1) is 22.7 Å². The fourth-order valence-electron chi connectivity index (χ4n) is 4.10. The Labute approximate surface area is 102 Å². The summed E-state index contributed by atoms with van der Waals surface area (Å²) >= 11 is 0. The highest BCUT2D eigenvalue weighted by Crippen LogP contribution is 2.62. The van der Waals surface area contributed by atoms with E-state index in [1.807, 2.05) is 0 Å². The molecule has 0 amide bonds. The molecule has 0 radical (unpaired) electrons. The molecule has 4 aliphatic carbocycles. The predicted octanol–water partition coefficient (Wildman–Crippen LogP) is 0.100. The van der Waals surface area contributed by atoms with Crippen molar-refractivity contribution in [2.24, 2.45) is 22.7 Å². The molecule has 4 saturated carbocycles. The van der Waals surface area contributed by atoms with Gasteiger partial charge >= 0.3 is 11.9 Å². The zero-order chi connectivity index (χ0) is 13.3. The Bertz CT molecular complexity index is 465. The van der Waals surface area contributed by atoms with E-state index in [-0.39, 0.29) is 30.8 Å². The molecule has 4 fully saturated rings. The second kappa shape index (κ2) is 2.99. The van der Waals surface area contributed by atoms with Crippen LogP contribution in [0.15, 0.2) is 0 Å². The summed E-state index contributed by atoms with van der Waals surface area (Å²) in [5, 5.41) is 18.6. The zero-order valence-corrected chi connectivity index (χ0v) is 9.51. The van der Waals surface area contributed by atoms with Crippen molar-refractivity contribution < 1.29 is 29.4 Å². The first kappa shape index (κ1) is 11.4. The lowest BCUT2D eigenvalue weighted by Crippen LogP contribution is -2.67. The molecule has 96 valence electrons. The molecule has 6 nitrogen and oxygen atoms in total. The highest BCUT2D eigenvalue weighted by Gasteiger charge is 2.72. The Morgan fingerprint density at radius 2 is 1.33 bits per heavy atom. The molecule has 4 aliphatic rings. The molecule has 4 rings (SSSR count). The summed E-state index contributed by atoms with van der Waals surface area (Å²) in [5.41, 5.74) is -3.28. The number of rotatable bonds is 2. The molecular weight excluding hydrogens is 240 g/mol. The lowest BCUT2D eigenvalue weighted by molar-refractivity contribution is -0.189. The minimum atomic E-state index is -1.64. The van der Waals surface area contributed by atoms with Gasteiger partial charge in [0.15, 0.2) is 11.6 Å².